The molecule has 0 spiro atoms. The van der Waals surface area contributed by atoms with Gasteiger partial charge in [0.15, 0.2) is 0 Å². The second-order valence-corrected chi connectivity index (χ2v) is 11.2. The van der Waals surface area contributed by atoms with Gasteiger partial charge in [0.1, 0.15) is 11.4 Å². The van der Waals surface area contributed by atoms with Gasteiger partial charge in [0.05, 0.1) is 12.4 Å². The fraction of sp³-hybridized carbons (Fsp3) is 0.0789. The van der Waals surface area contributed by atoms with Gasteiger partial charge in [0.2, 0.25) is 5.91 Å². The predicted molar refractivity (Wildman–Crippen MR) is 186 cm³/mol. The summed E-state index contributed by atoms with van der Waals surface area (Å²) in [5.41, 5.74) is 4.68. The fourth-order valence-electron chi connectivity index (χ4n) is 4.49. The Balaban J connectivity index is 1.23. The average Bonchev–Trinajstić information content (AvgIpc) is 3.09. The smallest absolute Gasteiger partial charge is 0.272 e. The molecular formula is C38H33N3O4S. The lowest BCUT2D eigenvalue weighted by Gasteiger charge is -2.12. The molecule has 7 nitrogen and oxygen atoms in total. The van der Waals surface area contributed by atoms with Crippen LogP contribution >= 0.6 is 11.8 Å². The fourth-order valence-corrected chi connectivity index (χ4v) is 5.19. The molecule has 0 aliphatic rings. The zero-order valence-corrected chi connectivity index (χ0v) is 26.1. The molecule has 0 bridgehead atoms. The molecule has 3 amide bonds. The van der Waals surface area contributed by atoms with Gasteiger partial charge in [0, 0.05) is 21.8 Å². The summed E-state index contributed by atoms with van der Waals surface area (Å²) in [6.07, 6.45) is 1.65. The summed E-state index contributed by atoms with van der Waals surface area (Å²) >= 11 is 1.38. The molecule has 0 saturated carbocycles. The van der Waals surface area contributed by atoms with Crippen molar-refractivity contribution in [2.45, 2.75) is 11.8 Å². The van der Waals surface area contributed by atoms with Gasteiger partial charge in [0.25, 0.3) is 11.8 Å². The number of benzene rings is 5. The summed E-state index contributed by atoms with van der Waals surface area (Å²) in [5.74, 6) is -0.0156. The molecule has 0 unspecified atom stereocenters. The van der Waals surface area contributed by atoms with Crippen LogP contribution < -0.4 is 20.7 Å². The number of rotatable bonds is 12. The first-order chi connectivity index (χ1) is 22.5. The van der Waals surface area contributed by atoms with Crippen LogP contribution in [0.25, 0.3) is 17.2 Å². The minimum atomic E-state index is -0.466. The number of amides is 3. The molecule has 3 N–H and O–H groups in total. The van der Waals surface area contributed by atoms with E-state index in [-0.39, 0.29) is 17.4 Å². The highest BCUT2D eigenvalue weighted by molar-refractivity contribution is 8.00. The van der Waals surface area contributed by atoms with Crippen LogP contribution in [0.5, 0.6) is 5.75 Å². The minimum Gasteiger partial charge on any atom is -0.494 e. The van der Waals surface area contributed by atoms with Gasteiger partial charge in [-0.1, -0.05) is 72.8 Å². The summed E-state index contributed by atoms with van der Waals surface area (Å²) in [5, 5.41) is 8.53. The van der Waals surface area contributed by atoms with Gasteiger partial charge in [-0.2, -0.15) is 0 Å². The van der Waals surface area contributed by atoms with Crippen LogP contribution in [0, 0.1) is 0 Å². The molecule has 230 valence electrons. The van der Waals surface area contributed by atoms with Crippen molar-refractivity contribution < 1.29 is 19.1 Å². The molecule has 0 aliphatic heterocycles. The molecule has 0 atom stereocenters. The summed E-state index contributed by atoms with van der Waals surface area (Å²) in [7, 11) is 0. The van der Waals surface area contributed by atoms with Crippen LogP contribution in [0.1, 0.15) is 22.8 Å². The Kier molecular flexibility index (Phi) is 11.0. The van der Waals surface area contributed by atoms with E-state index in [1.807, 2.05) is 91.9 Å². The van der Waals surface area contributed by atoms with Gasteiger partial charge in [-0.3, -0.25) is 14.4 Å². The number of ether oxygens (including phenoxy) is 1. The number of carbonyl (C=O) groups is 3. The van der Waals surface area contributed by atoms with Gasteiger partial charge in [-0.25, -0.2) is 0 Å². The molecule has 5 aromatic carbocycles. The topological polar surface area (TPSA) is 96.5 Å². The van der Waals surface area contributed by atoms with E-state index in [1.54, 1.807) is 54.6 Å². The van der Waals surface area contributed by atoms with E-state index < -0.39 is 11.8 Å². The van der Waals surface area contributed by atoms with Crippen molar-refractivity contribution in [3.63, 3.8) is 0 Å². The van der Waals surface area contributed by atoms with Crippen molar-refractivity contribution in [1.29, 1.82) is 0 Å². The SMILES string of the molecule is CCOc1ccc(NC(=O)CSc2ccc(NC(=O)/C(=C/c3ccc(-c4ccccc4)cc3)NC(=O)c3ccccc3)cc2)cc1. The standard InChI is InChI=1S/C38H33N3O4S/c1-2-45-33-21-17-31(18-22-33)39-36(42)26-46-34-23-19-32(20-24-34)40-38(44)35(41-37(43)30-11-7-4-8-12-30)25-27-13-15-29(16-14-27)28-9-5-3-6-10-28/h3-25H,2,26H2,1H3,(H,39,42)(H,40,44)(H,41,43)/b35-25-. The molecule has 46 heavy (non-hydrogen) atoms. The first-order valence-corrected chi connectivity index (χ1v) is 15.8. The molecule has 0 aliphatic carbocycles. The maximum Gasteiger partial charge on any atom is 0.272 e. The Labute approximate surface area is 272 Å². The molecular weight excluding hydrogens is 595 g/mol. The Morgan fingerprint density at radius 2 is 1.26 bits per heavy atom. The third kappa shape index (κ3) is 9.20. The number of anilines is 2. The van der Waals surface area contributed by atoms with Crippen LogP contribution in [-0.2, 0) is 9.59 Å². The monoisotopic (exact) mass is 627 g/mol. The summed E-state index contributed by atoms with van der Waals surface area (Å²) in [6.45, 7) is 2.50. The van der Waals surface area contributed by atoms with Gasteiger partial charge < -0.3 is 20.7 Å². The Hall–Kier alpha value is -5.60. The van der Waals surface area contributed by atoms with Gasteiger partial charge >= 0.3 is 0 Å². The molecule has 5 rings (SSSR count). The number of hydrogen-bond acceptors (Lipinski definition) is 5. The molecule has 0 radical (unpaired) electrons. The molecule has 5 aromatic rings. The van der Waals surface area contributed by atoms with Crippen molar-refractivity contribution in [3.8, 4) is 16.9 Å². The maximum atomic E-state index is 13.4. The maximum absolute atomic E-state index is 13.4. The Bertz CT molecular complexity index is 1790. The van der Waals surface area contributed by atoms with E-state index in [4.69, 9.17) is 4.74 Å². The number of thioether (sulfide) groups is 1. The zero-order chi connectivity index (χ0) is 32.1. The highest BCUT2D eigenvalue weighted by Gasteiger charge is 2.15. The van der Waals surface area contributed by atoms with E-state index in [0.29, 0.717) is 23.5 Å². The molecule has 8 heteroatoms. The Morgan fingerprint density at radius 1 is 0.674 bits per heavy atom. The molecule has 0 aromatic heterocycles. The van der Waals surface area contributed by atoms with E-state index in [0.717, 1.165) is 27.3 Å². The highest BCUT2D eigenvalue weighted by atomic mass is 32.2. The second kappa shape index (κ2) is 15.9. The van der Waals surface area contributed by atoms with Gasteiger partial charge in [-0.05, 0) is 90.4 Å². The highest BCUT2D eigenvalue weighted by Crippen LogP contribution is 2.23. The third-order valence-electron chi connectivity index (χ3n) is 6.79. The van der Waals surface area contributed by atoms with Gasteiger partial charge in [-0.15, -0.1) is 11.8 Å². The number of hydrogen-bond donors (Lipinski definition) is 3. The lowest BCUT2D eigenvalue weighted by atomic mass is 10.0. The van der Waals surface area contributed by atoms with Crippen LogP contribution in [-0.4, -0.2) is 30.1 Å². The largest absolute Gasteiger partial charge is 0.494 e. The summed E-state index contributed by atoms with van der Waals surface area (Å²) in [6, 6.07) is 40.9. The van der Waals surface area contributed by atoms with Crippen molar-refractivity contribution in [2.75, 3.05) is 23.0 Å². The first-order valence-electron chi connectivity index (χ1n) is 14.8. The quantitative estimate of drug-likeness (QED) is 0.0966. The average molecular weight is 628 g/mol. The second-order valence-electron chi connectivity index (χ2n) is 10.1. The normalized spacial score (nSPS) is 10.9. The van der Waals surface area contributed by atoms with Crippen molar-refractivity contribution in [3.05, 3.63) is 150 Å². The van der Waals surface area contributed by atoms with Crippen LogP contribution in [0.4, 0.5) is 11.4 Å². The van der Waals surface area contributed by atoms with Crippen LogP contribution in [0.3, 0.4) is 0 Å². The predicted octanol–water partition coefficient (Wildman–Crippen LogP) is 7.89. The van der Waals surface area contributed by atoms with Crippen molar-refractivity contribution in [2.24, 2.45) is 0 Å². The van der Waals surface area contributed by atoms with Crippen molar-refractivity contribution in [1.82, 2.24) is 5.32 Å². The van der Waals surface area contributed by atoms with E-state index in [2.05, 4.69) is 16.0 Å². The third-order valence-corrected chi connectivity index (χ3v) is 7.80. The number of carbonyl (C=O) groups excluding carboxylic acids is 3. The summed E-state index contributed by atoms with van der Waals surface area (Å²) in [4.78, 5) is 39.8. The van der Waals surface area contributed by atoms with E-state index >= 15 is 0 Å². The van der Waals surface area contributed by atoms with Crippen LogP contribution in [0.15, 0.2) is 144 Å². The van der Waals surface area contributed by atoms with E-state index in [9.17, 15) is 14.4 Å². The molecule has 0 saturated heterocycles. The molecule has 0 heterocycles. The lowest BCUT2D eigenvalue weighted by Crippen LogP contribution is -2.30. The number of nitrogens with one attached hydrogen (secondary N) is 3. The minimum absolute atomic E-state index is 0.103. The lowest BCUT2D eigenvalue weighted by molar-refractivity contribution is -0.114. The van der Waals surface area contributed by atoms with Crippen molar-refractivity contribution >= 4 is 46.9 Å². The summed E-state index contributed by atoms with van der Waals surface area (Å²) < 4.78 is 5.43. The van der Waals surface area contributed by atoms with E-state index in [1.165, 1.54) is 11.8 Å². The zero-order valence-electron chi connectivity index (χ0n) is 25.2. The molecule has 0 fully saturated rings. The first kappa shape index (κ1) is 31.8. The Morgan fingerprint density at radius 3 is 1.91 bits per heavy atom. The van der Waals surface area contributed by atoms with Crippen LogP contribution in [0.2, 0.25) is 0 Å².